The van der Waals surface area contributed by atoms with Gasteiger partial charge in [-0.15, -0.1) is 11.3 Å². The smallest absolute Gasteiger partial charge is 0.290 e. The molecule has 3 heterocycles. The molecule has 602 valence electrons. The molecule has 9 atom stereocenters. The van der Waals surface area contributed by atoms with Gasteiger partial charge in [-0.25, -0.2) is 0 Å². The summed E-state index contributed by atoms with van der Waals surface area (Å²) in [6, 6.07) is -4.63. The van der Waals surface area contributed by atoms with Crippen LogP contribution < -0.4 is 134 Å². The van der Waals surface area contributed by atoms with E-state index < -0.39 is 114 Å². The van der Waals surface area contributed by atoms with Crippen LogP contribution >= 0.6 is 27.3 Å². The minimum absolute atomic E-state index is 0.00899. The summed E-state index contributed by atoms with van der Waals surface area (Å²) in [6.07, 6.45) is 0.772. The number of H-pyrrole nitrogens is 1. The van der Waals surface area contributed by atoms with E-state index in [2.05, 4.69) is 98.7 Å². The first-order valence-corrected chi connectivity index (χ1v) is 37.4. The first-order chi connectivity index (χ1) is 51.3. The molecule has 2 aromatic heterocycles. The van der Waals surface area contributed by atoms with Crippen molar-refractivity contribution < 1.29 is 48.3 Å². The van der Waals surface area contributed by atoms with Crippen LogP contribution in [0.5, 0.6) is 0 Å². The van der Waals surface area contributed by atoms with E-state index in [1.54, 1.807) is 4.90 Å². The SMILES string of the molecule is NCCCCC(NC(=O)C(CCCN=C(N)N)NC(=O)C(CCCNC(N)N)NC(=O)C(CCCN=C(N)N)NC(=O)C(CCCN=C(N)N)NC(=O)C(CCCN=C(N)N)NC(=O)C(CCCN=C(N)N)NC(=O)CCCCCNC(=O)C1CC(O)CN1Cc1nc(=O)c2sc3ccc(Br)cc3c2[nH]1)C(N)=O. The van der Waals surface area contributed by atoms with Gasteiger partial charge in [-0.1, -0.05) is 22.4 Å². The number of halogens is 1. The van der Waals surface area contributed by atoms with E-state index in [1.807, 2.05) is 18.2 Å². The summed E-state index contributed by atoms with van der Waals surface area (Å²) in [5, 5.41) is 36.1. The van der Waals surface area contributed by atoms with Gasteiger partial charge < -0.3 is 133 Å². The number of aliphatic hydroxyl groups excluding tert-OH is 1. The molecule has 3 aromatic rings. The van der Waals surface area contributed by atoms with Crippen LogP contribution in [0.2, 0.25) is 0 Å². The molecule has 0 bridgehead atoms. The number of likely N-dealkylation sites (tertiary alicyclic amines) is 1. The zero-order valence-electron chi connectivity index (χ0n) is 60.7. The second-order valence-corrected chi connectivity index (χ2v) is 27.9. The van der Waals surface area contributed by atoms with E-state index in [0.29, 0.717) is 54.7 Å². The van der Waals surface area contributed by atoms with Crippen LogP contribution in [0, 0.1) is 0 Å². The molecule has 0 radical (unpaired) electrons. The summed E-state index contributed by atoms with van der Waals surface area (Å²) in [7, 11) is 0. The first-order valence-electron chi connectivity index (χ1n) is 35.8. The molecule has 9 amide bonds. The summed E-state index contributed by atoms with van der Waals surface area (Å²) < 4.78 is 2.22. The van der Waals surface area contributed by atoms with Gasteiger partial charge in [-0.2, -0.15) is 4.98 Å². The molecule has 1 saturated heterocycles. The Bertz CT molecular complexity index is 3650. The molecule has 108 heavy (non-hydrogen) atoms. The fourth-order valence-electron chi connectivity index (χ4n) is 11.6. The number of nitrogens with zero attached hydrogens (tertiary/aromatic N) is 7. The summed E-state index contributed by atoms with van der Waals surface area (Å²) in [5.74, 6) is -7.80. The van der Waals surface area contributed by atoms with Crippen molar-refractivity contribution in [1.82, 2.24) is 62.7 Å². The quantitative estimate of drug-likeness (QED) is 0.0108. The van der Waals surface area contributed by atoms with Crippen LogP contribution in [0.3, 0.4) is 0 Å². The monoisotopic (exact) mass is 1600 g/mol. The molecule has 1 aromatic carbocycles. The summed E-state index contributed by atoms with van der Waals surface area (Å²) in [4.78, 5) is 169. The van der Waals surface area contributed by atoms with Gasteiger partial charge >= 0.3 is 0 Å². The Morgan fingerprint density at radius 3 is 1.38 bits per heavy atom. The van der Waals surface area contributed by atoms with Gasteiger partial charge in [0.15, 0.2) is 29.8 Å². The van der Waals surface area contributed by atoms with Gasteiger partial charge in [0.2, 0.25) is 53.2 Å². The minimum atomic E-state index is -1.50. The lowest BCUT2D eigenvalue weighted by Crippen LogP contribution is -2.60. The van der Waals surface area contributed by atoms with Crippen molar-refractivity contribution in [2.75, 3.05) is 58.9 Å². The van der Waals surface area contributed by atoms with Crippen molar-refractivity contribution in [3.8, 4) is 0 Å². The average Bonchev–Trinajstić information content (AvgIpc) is 1.61. The Morgan fingerprint density at radius 1 is 0.546 bits per heavy atom. The number of fused-ring (bicyclic) bond motifs is 3. The van der Waals surface area contributed by atoms with Gasteiger partial charge in [-0.3, -0.25) is 83.1 Å². The number of carbonyl (C=O) groups excluding carboxylic acids is 9. The fraction of sp³-hybridized carbons (Fsp3) is 0.625. The number of guanidine groups is 5. The lowest BCUT2D eigenvalue weighted by Gasteiger charge is -2.28. The molecule has 1 aliphatic rings. The number of aliphatic imine (C=N–C) groups is 5. The van der Waals surface area contributed by atoms with Gasteiger partial charge in [-0.05, 0) is 147 Å². The minimum Gasteiger partial charge on any atom is -0.392 e. The van der Waals surface area contributed by atoms with Crippen molar-refractivity contribution in [2.24, 2.45) is 105 Å². The maximum Gasteiger partial charge on any atom is 0.290 e. The van der Waals surface area contributed by atoms with E-state index in [-0.39, 0.29) is 191 Å². The molecular formula is C64H112BrN31O11S. The lowest BCUT2D eigenvalue weighted by molar-refractivity contribution is -0.136. The molecule has 1 fully saturated rings. The molecule has 39 N–H and O–H groups in total. The Hall–Kier alpha value is -9.86. The molecule has 42 nitrogen and oxygen atoms in total. The lowest BCUT2D eigenvalue weighted by atomic mass is 10.0. The number of hydrogen-bond donors (Lipinski definition) is 25. The first kappa shape index (κ1) is 90.5. The number of β-amino-alcohol motifs (C(OH)–C–C–N with tert-alkyl or cyclic N) is 1. The highest BCUT2D eigenvalue weighted by molar-refractivity contribution is 9.10. The molecule has 0 saturated carbocycles. The second kappa shape index (κ2) is 48.4. The highest BCUT2D eigenvalue weighted by Crippen LogP contribution is 2.33. The number of rotatable bonds is 52. The predicted octanol–water partition coefficient (Wildman–Crippen LogP) is -7.64. The number of carbonyl (C=O) groups is 9. The maximum atomic E-state index is 14.8. The van der Waals surface area contributed by atoms with E-state index in [4.69, 9.17) is 80.3 Å². The van der Waals surface area contributed by atoms with Crippen molar-refractivity contribution in [3.05, 3.63) is 38.9 Å². The third-order valence-corrected chi connectivity index (χ3v) is 18.6. The van der Waals surface area contributed by atoms with E-state index in [0.717, 1.165) is 14.6 Å². The largest absolute Gasteiger partial charge is 0.392 e. The zero-order valence-corrected chi connectivity index (χ0v) is 63.2. The number of aromatic amines is 1. The van der Waals surface area contributed by atoms with Crippen LogP contribution in [0.1, 0.15) is 134 Å². The van der Waals surface area contributed by atoms with Crippen LogP contribution in [0.4, 0.5) is 0 Å². The fourth-order valence-corrected chi connectivity index (χ4v) is 13.0. The summed E-state index contributed by atoms with van der Waals surface area (Å²) >= 11 is 4.82. The topological polar surface area (TPSA) is 757 Å². The van der Waals surface area contributed by atoms with Gasteiger partial charge in [0.05, 0.1) is 24.2 Å². The maximum absolute atomic E-state index is 14.8. The Morgan fingerprint density at radius 2 is 0.963 bits per heavy atom. The Balaban J connectivity index is 1.55. The number of nitrogens with two attached hydrogens (primary N) is 14. The van der Waals surface area contributed by atoms with E-state index in [1.165, 1.54) is 11.3 Å². The van der Waals surface area contributed by atoms with Crippen molar-refractivity contribution in [2.45, 2.75) is 196 Å². The van der Waals surface area contributed by atoms with Crippen molar-refractivity contribution in [1.29, 1.82) is 0 Å². The number of aliphatic hydroxyl groups is 1. The summed E-state index contributed by atoms with van der Waals surface area (Å²) in [5.41, 5.74) is 79.0. The molecule has 4 rings (SSSR count). The number of nitrogens with one attached hydrogen (secondary N) is 10. The molecular weight excluding hydrogens is 1490 g/mol. The van der Waals surface area contributed by atoms with E-state index >= 15 is 0 Å². The molecule has 9 unspecified atom stereocenters. The van der Waals surface area contributed by atoms with Gasteiger partial charge in [0.1, 0.15) is 59.1 Å². The number of hydrogen-bond acceptors (Lipinski definition) is 23. The van der Waals surface area contributed by atoms with Gasteiger partial charge in [0.25, 0.3) is 5.56 Å². The predicted molar refractivity (Wildman–Crippen MR) is 416 cm³/mol. The van der Waals surface area contributed by atoms with Crippen LogP contribution in [0.25, 0.3) is 20.3 Å². The number of thiophene rings is 1. The normalized spacial score (nSPS) is 15.4. The number of unbranched alkanes of at least 4 members (excludes halogenated alkanes) is 3. The summed E-state index contributed by atoms with van der Waals surface area (Å²) in [6.45, 7) is 0.994. The van der Waals surface area contributed by atoms with Crippen molar-refractivity contribution in [3.63, 3.8) is 0 Å². The number of aromatic nitrogens is 2. The number of primary amides is 1. The standard InChI is InChI=1S/C64H112BrN31O11S/c65-34-20-21-45-36(30-34)48-49(108-45)58(107)95-46(94-48)33-96-32-35(97)31-44(96)57(106)80-23-5-1-2-19-47(98)87-38(13-6-24-81-59(68)69)51(100)89-40(15-8-26-83-61(72)73)53(102)91-42(17-10-28-85-63(76)77)55(104)93-43(18-11-29-86-64(78)79)56(105)92-41(16-9-27-84-62(74)75)54(103)90-39(14-7-25-82-60(70)71)52(101)88-37(50(67)99)12-3-4-22-66/h20-21,30,35,37-44,62,84,97H,1-19,22-29,31-33,66,74-75H2,(H2,67,99)(H,80,106)(H,87,98)(H,88,101)(H,89,100)(H,90,103)(H,91,102)(H,92,105)(H,93,104)(H4,68,69,81)(H4,70,71,82)(H4,72,73,83)(H4,76,77,85)(H4,78,79,86)(H,94,95,107). The van der Waals surface area contributed by atoms with Gasteiger partial charge in [0, 0.05) is 66.8 Å². The van der Waals surface area contributed by atoms with Crippen LogP contribution in [-0.4, -0.2) is 223 Å². The highest BCUT2D eigenvalue weighted by Gasteiger charge is 2.38. The molecule has 0 aliphatic carbocycles. The molecule has 0 spiro atoms. The third kappa shape index (κ3) is 34.4. The van der Waals surface area contributed by atoms with E-state index in [9.17, 15) is 53.1 Å². The number of amides is 9. The number of benzene rings is 1. The molecule has 1 aliphatic heterocycles. The Kier molecular flexibility index (Phi) is 40.6. The Labute approximate surface area is 637 Å². The third-order valence-electron chi connectivity index (χ3n) is 17.0. The highest BCUT2D eigenvalue weighted by atomic mass is 79.9. The molecule has 44 heteroatoms. The average molecular weight is 1600 g/mol. The van der Waals surface area contributed by atoms with Crippen LogP contribution in [0.15, 0.2) is 52.4 Å². The van der Waals surface area contributed by atoms with Crippen molar-refractivity contribution >= 4 is 131 Å². The second-order valence-electron chi connectivity index (χ2n) is 25.9. The zero-order chi connectivity index (χ0) is 79.8. The van der Waals surface area contributed by atoms with Crippen LogP contribution in [-0.2, 0) is 49.7 Å².